The minimum atomic E-state index is -4.63. The predicted octanol–water partition coefficient (Wildman–Crippen LogP) is 3.38. The van der Waals surface area contributed by atoms with Crippen LogP contribution in [0.3, 0.4) is 0 Å². The van der Waals surface area contributed by atoms with Crippen LogP contribution < -0.4 is 15.6 Å². The number of piperidine rings is 2. The number of alkyl halides is 4. The number of nitrogens with zero attached hydrogens (tertiary/aromatic N) is 3. The highest BCUT2D eigenvalue weighted by Gasteiger charge is 2.52. The molecule has 17 heteroatoms. The van der Waals surface area contributed by atoms with Gasteiger partial charge in [0.15, 0.2) is 0 Å². The summed E-state index contributed by atoms with van der Waals surface area (Å²) in [7, 11) is -3.66. The van der Waals surface area contributed by atoms with Crippen molar-refractivity contribution in [1.29, 1.82) is 0 Å². The number of hydrogen-bond acceptors (Lipinski definition) is 10. The minimum absolute atomic E-state index is 0.0184. The lowest BCUT2D eigenvalue weighted by atomic mass is 9.70. The molecule has 0 bridgehead atoms. The third-order valence-electron chi connectivity index (χ3n) is 11.4. The molecule has 4 fully saturated rings. The van der Waals surface area contributed by atoms with Gasteiger partial charge < -0.3 is 10.1 Å². The molecular weight excluding hydrogens is 719 g/mol. The van der Waals surface area contributed by atoms with Crippen LogP contribution in [-0.4, -0.2) is 108 Å². The van der Waals surface area contributed by atoms with E-state index >= 15 is 0 Å². The molecule has 8 unspecified atom stereocenters. The second-order valence-corrected chi connectivity index (χ2v) is 18.4. The van der Waals surface area contributed by atoms with Gasteiger partial charge in [0.2, 0.25) is 15.9 Å². The Morgan fingerprint density at radius 3 is 2.58 bits per heavy atom. The van der Waals surface area contributed by atoms with Crippen LogP contribution in [0.1, 0.15) is 69.0 Å². The number of rotatable bonds is 9. The highest BCUT2D eigenvalue weighted by Crippen LogP contribution is 2.48. The molecule has 9 atom stereocenters. The molecule has 282 valence electrons. The zero-order valence-corrected chi connectivity index (χ0v) is 31.2. The van der Waals surface area contributed by atoms with E-state index in [1.165, 1.54) is 0 Å². The first-order chi connectivity index (χ1) is 23.6. The number of aryl methyl sites for hydroxylation is 2. The maximum Gasteiger partial charge on any atom is 0.522 e. The lowest BCUT2D eigenvalue weighted by Crippen LogP contribution is -2.58. The number of likely N-dealkylation sites (tertiary alicyclic amines) is 1. The molecule has 1 aromatic rings. The molecule has 0 radical (unpaired) electrons. The first-order valence-corrected chi connectivity index (χ1v) is 21.2. The number of nitrogens with one attached hydrogen (secondary N) is 2. The van der Waals surface area contributed by atoms with E-state index in [0.29, 0.717) is 69.1 Å². The number of carbonyl (C=O) groups excluding carboxylic acids is 1. The van der Waals surface area contributed by atoms with Crippen molar-refractivity contribution < 1.29 is 35.9 Å². The van der Waals surface area contributed by atoms with Gasteiger partial charge in [0, 0.05) is 53.2 Å². The Morgan fingerprint density at radius 1 is 1.14 bits per heavy atom. The Hall–Kier alpha value is -1.43. The van der Waals surface area contributed by atoms with Gasteiger partial charge >= 0.3 is 6.36 Å². The van der Waals surface area contributed by atoms with Crippen molar-refractivity contribution in [3.05, 3.63) is 27.4 Å². The van der Waals surface area contributed by atoms with Crippen LogP contribution in [0.25, 0.3) is 0 Å². The van der Waals surface area contributed by atoms with Crippen LogP contribution >= 0.6 is 23.4 Å². The average molecular weight is 768 g/mol. The van der Waals surface area contributed by atoms with Crippen molar-refractivity contribution >= 4 is 39.3 Å². The standard InChI is InChI=1S/C33H49ClF3N5O6S2/c1-18-14-24(30-29(38-18)26(17-49-30)31(43)40-50(3,45)46)23-15-20(34)4-7-28(23)47-13-12-42-19(2)39-27-6-5-21(16-25(27)32(42)44)41-10-8-22(9-11-41)48-33(35,36)37/h18,20-24,26,28-30,38H,4-17H2,1-3H3,(H,40,43)/t18?,20?,21-,23?,24?,26?,28?,29?,30?/m0/s1. The number of ether oxygens (including phenoxy) is 2. The van der Waals surface area contributed by atoms with E-state index in [-0.39, 0.29) is 52.3 Å². The third kappa shape index (κ3) is 9.02. The minimum Gasteiger partial charge on any atom is -0.376 e. The van der Waals surface area contributed by atoms with Crippen LogP contribution in [0.2, 0.25) is 0 Å². The van der Waals surface area contributed by atoms with E-state index in [0.717, 1.165) is 44.1 Å². The zero-order valence-electron chi connectivity index (χ0n) is 28.8. The van der Waals surface area contributed by atoms with Crippen molar-refractivity contribution in [3.63, 3.8) is 0 Å². The van der Waals surface area contributed by atoms with E-state index in [4.69, 9.17) is 21.3 Å². The van der Waals surface area contributed by atoms with Crippen LogP contribution in [0, 0.1) is 24.7 Å². The molecule has 0 aromatic carbocycles. The quantitative estimate of drug-likeness (QED) is 0.361. The first-order valence-electron chi connectivity index (χ1n) is 17.8. The Bertz CT molecular complexity index is 1560. The number of hydrogen-bond donors (Lipinski definition) is 2. The lowest BCUT2D eigenvalue weighted by Gasteiger charge is -2.47. The number of sulfonamides is 1. The van der Waals surface area contributed by atoms with Gasteiger partial charge in [-0.15, -0.1) is 24.8 Å². The molecule has 11 nitrogen and oxygen atoms in total. The Kier molecular flexibility index (Phi) is 11.9. The highest BCUT2D eigenvalue weighted by molar-refractivity contribution is 8.00. The molecule has 1 aromatic heterocycles. The summed E-state index contributed by atoms with van der Waals surface area (Å²) in [6, 6.07) is 0.0542. The summed E-state index contributed by atoms with van der Waals surface area (Å²) in [4.78, 5) is 33.8. The molecule has 0 spiro atoms. The molecule has 3 aliphatic heterocycles. The van der Waals surface area contributed by atoms with Crippen molar-refractivity contribution in [3.8, 4) is 0 Å². The van der Waals surface area contributed by atoms with Crippen molar-refractivity contribution in [2.24, 2.45) is 17.8 Å². The van der Waals surface area contributed by atoms with Crippen molar-refractivity contribution in [1.82, 2.24) is 24.5 Å². The number of carbonyl (C=O) groups is 1. The second-order valence-electron chi connectivity index (χ2n) is 14.9. The summed E-state index contributed by atoms with van der Waals surface area (Å²) >= 11 is 8.47. The molecule has 5 aliphatic rings. The molecule has 1 saturated carbocycles. The molecule has 1 amide bonds. The van der Waals surface area contributed by atoms with E-state index in [1.807, 2.05) is 6.92 Å². The van der Waals surface area contributed by atoms with Crippen LogP contribution in [0.4, 0.5) is 13.2 Å². The predicted molar refractivity (Wildman–Crippen MR) is 185 cm³/mol. The molecular formula is C33H49ClF3N5O6S2. The molecule has 6 rings (SSSR count). The Morgan fingerprint density at radius 2 is 1.88 bits per heavy atom. The maximum absolute atomic E-state index is 13.8. The topological polar surface area (TPSA) is 132 Å². The lowest BCUT2D eigenvalue weighted by molar-refractivity contribution is -0.346. The summed E-state index contributed by atoms with van der Waals surface area (Å²) in [5, 5.41) is 3.72. The van der Waals surface area contributed by atoms with E-state index in [1.54, 1.807) is 16.3 Å². The zero-order chi connectivity index (χ0) is 36.0. The number of halogens is 4. The average Bonchev–Trinajstić information content (AvgIpc) is 3.45. The van der Waals surface area contributed by atoms with Gasteiger partial charge in [-0.05, 0) is 83.5 Å². The van der Waals surface area contributed by atoms with Crippen molar-refractivity contribution in [2.45, 2.75) is 126 Å². The molecule has 2 aliphatic carbocycles. The van der Waals surface area contributed by atoms with Gasteiger partial charge in [-0.1, -0.05) is 0 Å². The fraction of sp³-hybridized carbons (Fsp3) is 0.848. The second kappa shape index (κ2) is 15.5. The normalized spacial score (nSPS) is 34.3. The molecule has 3 saturated heterocycles. The monoisotopic (exact) mass is 767 g/mol. The van der Waals surface area contributed by atoms with E-state index < -0.39 is 34.3 Å². The number of fused-ring (bicyclic) bond motifs is 2. The molecule has 4 heterocycles. The van der Waals surface area contributed by atoms with Crippen LogP contribution in [-0.2, 0) is 43.7 Å². The fourth-order valence-corrected chi connectivity index (χ4v) is 11.8. The van der Waals surface area contributed by atoms with Crippen molar-refractivity contribution in [2.75, 3.05) is 31.7 Å². The van der Waals surface area contributed by atoms with Gasteiger partial charge in [0.1, 0.15) is 5.82 Å². The Balaban J connectivity index is 1.09. The van der Waals surface area contributed by atoms with Gasteiger partial charge in [-0.3, -0.25) is 28.5 Å². The van der Waals surface area contributed by atoms with Gasteiger partial charge in [0.25, 0.3) is 5.56 Å². The summed E-state index contributed by atoms with van der Waals surface area (Å²) in [5.41, 5.74) is 1.42. The first kappa shape index (κ1) is 38.3. The number of thioether (sulfide) groups is 1. The largest absolute Gasteiger partial charge is 0.522 e. The summed E-state index contributed by atoms with van der Waals surface area (Å²) < 4.78 is 76.4. The van der Waals surface area contributed by atoms with Gasteiger partial charge in [-0.2, -0.15) is 11.8 Å². The van der Waals surface area contributed by atoms with Gasteiger partial charge in [-0.25, -0.2) is 13.4 Å². The van der Waals surface area contributed by atoms with E-state index in [9.17, 15) is 31.2 Å². The van der Waals surface area contributed by atoms with Gasteiger partial charge in [0.05, 0.1) is 43.2 Å². The summed E-state index contributed by atoms with van der Waals surface area (Å²) in [5.74, 6) is 0.623. The maximum atomic E-state index is 13.8. The fourth-order valence-electron chi connectivity index (χ4n) is 9.12. The highest BCUT2D eigenvalue weighted by atomic mass is 35.5. The van der Waals surface area contributed by atoms with Crippen LogP contribution in [0.5, 0.6) is 0 Å². The third-order valence-corrected chi connectivity index (χ3v) is 13.9. The SMILES string of the molecule is Cc1nc2c(c(=O)n1CCOC1CCC(Cl)CC1C1CC(C)NC3C(C(=O)NS(C)(=O)=O)CSC13)C[C@@H](N1CCC(OC(F)(F)F)CC1)CC2. The molecule has 2 N–H and O–H groups in total. The summed E-state index contributed by atoms with van der Waals surface area (Å²) in [6.45, 7) is 5.61. The van der Waals surface area contributed by atoms with Crippen LogP contribution in [0.15, 0.2) is 4.79 Å². The Labute approximate surface area is 301 Å². The smallest absolute Gasteiger partial charge is 0.376 e. The number of amides is 1. The van der Waals surface area contributed by atoms with E-state index in [2.05, 4.69) is 26.6 Å². The molecule has 50 heavy (non-hydrogen) atoms. The number of aromatic nitrogens is 2. The summed E-state index contributed by atoms with van der Waals surface area (Å²) in [6.07, 6.45) is 1.35.